The van der Waals surface area contributed by atoms with Gasteiger partial charge >= 0.3 is 12.2 Å². The fourth-order valence-electron chi connectivity index (χ4n) is 4.33. The molecule has 0 aliphatic heterocycles. The van der Waals surface area contributed by atoms with Crippen LogP contribution in [0.3, 0.4) is 0 Å². The summed E-state index contributed by atoms with van der Waals surface area (Å²) in [7, 11) is 2.85. The Kier molecular flexibility index (Phi) is 9.52. The molecule has 200 valence electrons. The number of carbonyl (C=O) groups is 3. The number of ether oxygens (including phenoxy) is 2. The molecule has 9 nitrogen and oxygen atoms in total. The van der Waals surface area contributed by atoms with Gasteiger partial charge in [-0.2, -0.15) is 0 Å². The van der Waals surface area contributed by atoms with E-state index in [1.165, 1.54) is 25.3 Å². The molecule has 0 fully saturated rings. The summed E-state index contributed by atoms with van der Waals surface area (Å²) in [6.07, 6.45) is 0.374. The third-order valence-corrected chi connectivity index (χ3v) is 6.11. The van der Waals surface area contributed by atoms with E-state index in [2.05, 4.69) is 34.9 Å². The molecule has 1 atom stereocenters. The van der Waals surface area contributed by atoms with Crippen molar-refractivity contribution in [3.05, 3.63) is 59.7 Å². The molecule has 0 heterocycles. The normalized spacial score (nSPS) is 13.2. The molecule has 3 amide bonds. The van der Waals surface area contributed by atoms with Gasteiger partial charge in [0.2, 0.25) is 0 Å². The second kappa shape index (κ2) is 12.6. The summed E-state index contributed by atoms with van der Waals surface area (Å²) in [5.74, 6) is -0.389. The zero-order valence-electron chi connectivity index (χ0n) is 22.2. The predicted molar refractivity (Wildman–Crippen MR) is 140 cm³/mol. The number of carbonyl (C=O) groups excluding carboxylic acids is 3. The lowest BCUT2D eigenvalue weighted by Gasteiger charge is -2.25. The molecular formula is C28H37N3O6. The second-order valence-electron chi connectivity index (χ2n) is 9.97. The van der Waals surface area contributed by atoms with Crippen LogP contribution in [-0.4, -0.2) is 62.1 Å². The molecule has 0 saturated heterocycles. The predicted octanol–water partition coefficient (Wildman–Crippen LogP) is 4.61. The first kappa shape index (κ1) is 28.0. The van der Waals surface area contributed by atoms with Gasteiger partial charge in [0, 0.05) is 19.5 Å². The van der Waals surface area contributed by atoms with Crippen molar-refractivity contribution in [2.45, 2.75) is 57.6 Å². The van der Waals surface area contributed by atoms with Crippen LogP contribution in [0.2, 0.25) is 0 Å². The van der Waals surface area contributed by atoms with Gasteiger partial charge in [-0.3, -0.25) is 9.63 Å². The number of fused-ring (bicyclic) bond motifs is 3. The number of likely N-dealkylation sites (N-methyl/N-ethyl adjacent to an activating group) is 1. The van der Waals surface area contributed by atoms with Gasteiger partial charge in [-0.05, 0) is 62.3 Å². The van der Waals surface area contributed by atoms with E-state index in [1.807, 2.05) is 24.3 Å². The Bertz CT molecular complexity index is 1050. The summed E-state index contributed by atoms with van der Waals surface area (Å²) in [6.45, 7) is 5.88. The molecule has 0 spiro atoms. The van der Waals surface area contributed by atoms with Gasteiger partial charge in [0.1, 0.15) is 18.2 Å². The van der Waals surface area contributed by atoms with Crippen LogP contribution in [0.15, 0.2) is 48.5 Å². The number of amides is 3. The van der Waals surface area contributed by atoms with Crippen LogP contribution in [0.4, 0.5) is 9.59 Å². The molecule has 37 heavy (non-hydrogen) atoms. The van der Waals surface area contributed by atoms with Crippen molar-refractivity contribution in [1.29, 1.82) is 0 Å². The van der Waals surface area contributed by atoms with Crippen molar-refractivity contribution in [3.63, 3.8) is 0 Å². The van der Waals surface area contributed by atoms with Crippen LogP contribution in [0, 0.1) is 0 Å². The molecule has 2 aromatic carbocycles. The molecule has 1 aliphatic rings. The highest BCUT2D eigenvalue weighted by Gasteiger charge is 2.29. The summed E-state index contributed by atoms with van der Waals surface area (Å²) in [4.78, 5) is 42.1. The van der Waals surface area contributed by atoms with Crippen molar-refractivity contribution in [3.8, 4) is 11.1 Å². The number of rotatable bonds is 10. The Morgan fingerprint density at radius 3 is 2.11 bits per heavy atom. The Morgan fingerprint density at radius 1 is 0.946 bits per heavy atom. The van der Waals surface area contributed by atoms with Crippen LogP contribution < -0.4 is 10.6 Å². The lowest BCUT2D eigenvalue weighted by molar-refractivity contribution is -0.171. The Balaban J connectivity index is 1.44. The molecular weight excluding hydrogens is 474 g/mol. The maximum atomic E-state index is 12.6. The zero-order chi connectivity index (χ0) is 27.0. The minimum atomic E-state index is -0.811. The Labute approximate surface area is 218 Å². The smallest absolute Gasteiger partial charge is 0.408 e. The largest absolute Gasteiger partial charge is 0.449 e. The van der Waals surface area contributed by atoms with Gasteiger partial charge in [-0.25, -0.2) is 14.7 Å². The zero-order valence-corrected chi connectivity index (χ0v) is 22.2. The van der Waals surface area contributed by atoms with Crippen molar-refractivity contribution in [2.75, 3.05) is 27.3 Å². The number of unbranched alkanes of at least 4 members (excludes halogenated alkanes) is 1. The van der Waals surface area contributed by atoms with Crippen molar-refractivity contribution in [2.24, 2.45) is 0 Å². The van der Waals surface area contributed by atoms with E-state index < -0.39 is 29.7 Å². The van der Waals surface area contributed by atoms with Crippen LogP contribution in [-0.2, 0) is 19.1 Å². The summed E-state index contributed by atoms with van der Waals surface area (Å²) >= 11 is 0. The minimum Gasteiger partial charge on any atom is -0.449 e. The number of nitrogens with zero attached hydrogens (tertiary/aromatic N) is 1. The van der Waals surface area contributed by atoms with Gasteiger partial charge in [-0.15, -0.1) is 0 Å². The fraction of sp³-hybridized carbons (Fsp3) is 0.464. The molecule has 0 bridgehead atoms. The maximum absolute atomic E-state index is 12.6. The summed E-state index contributed by atoms with van der Waals surface area (Å²) in [5, 5.41) is 6.45. The number of benzene rings is 2. The Morgan fingerprint density at radius 2 is 1.54 bits per heavy atom. The molecule has 1 aliphatic carbocycles. The number of hydroxylamine groups is 2. The molecule has 3 rings (SSSR count). The van der Waals surface area contributed by atoms with E-state index in [0.29, 0.717) is 25.8 Å². The standard InChI is InChI=1S/C28H37N3O6/c1-28(2,3)37-27(34)30-24(25(32)31(4)35-5)16-10-11-17-29-26(33)36-18-23-21-14-8-6-12-19(21)20-13-7-9-15-22(20)23/h6-9,12-15,23-24H,10-11,16-18H2,1-5H3,(H,29,33)(H,30,34)/t24-/m0/s1. The highest BCUT2D eigenvalue weighted by atomic mass is 16.7. The quantitative estimate of drug-likeness (QED) is 0.357. The molecule has 0 unspecified atom stereocenters. The first-order chi connectivity index (χ1) is 17.6. The monoisotopic (exact) mass is 511 g/mol. The number of alkyl carbamates (subject to hydrolysis) is 2. The van der Waals surface area contributed by atoms with E-state index >= 15 is 0 Å². The van der Waals surface area contributed by atoms with Gasteiger partial charge in [-0.1, -0.05) is 48.5 Å². The maximum Gasteiger partial charge on any atom is 0.408 e. The molecule has 0 radical (unpaired) electrons. The fourth-order valence-corrected chi connectivity index (χ4v) is 4.33. The van der Waals surface area contributed by atoms with Crippen LogP contribution in [0.25, 0.3) is 11.1 Å². The molecule has 2 aromatic rings. The lowest BCUT2D eigenvalue weighted by atomic mass is 9.98. The van der Waals surface area contributed by atoms with Gasteiger partial charge in [0.15, 0.2) is 0 Å². The van der Waals surface area contributed by atoms with Crippen molar-refractivity contribution >= 4 is 18.1 Å². The number of hydrogen-bond donors (Lipinski definition) is 2. The summed E-state index contributed by atoms with van der Waals surface area (Å²) < 4.78 is 10.8. The average molecular weight is 512 g/mol. The van der Waals surface area contributed by atoms with Crippen LogP contribution >= 0.6 is 0 Å². The van der Waals surface area contributed by atoms with E-state index in [-0.39, 0.29) is 12.5 Å². The first-order valence-corrected chi connectivity index (χ1v) is 12.5. The molecule has 0 saturated carbocycles. The van der Waals surface area contributed by atoms with Crippen molar-refractivity contribution < 1.29 is 28.7 Å². The third-order valence-electron chi connectivity index (χ3n) is 6.11. The van der Waals surface area contributed by atoms with E-state index in [0.717, 1.165) is 16.2 Å². The average Bonchev–Trinajstić information content (AvgIpc) is 3.18. The van der Waals surface area contributed by atoms with E-state index in [1.54, 1.807) is 20.8 Å². The van der Waals surface area contributed by atoms with Gasteiger partial charge in [0.25, 0.3) is 5.91 Å². The summed E-state index contributed by atoms with van der Waals surface area (Å²) in [5.41, 5.74) is 3.99. The first-order valence-electron chi connectivity index (χ1n) is 12.5. The summed E-state index contributed by atoms with van der Waals surface area (Å²) in [6, 6.07) is 15.5. The molecule has 2 N–H and O–H groups in total. The highest BCUT2D eigenvalue weighted by Crippen LogP contribution is 2.44. The lowest BCUT2D eigenvalue weighted by Crippen LogP contribution is -2.48. The van der Waals surface area contributed by atoms with Gasteiger partial charge in [0.05, 0.1) is 7.11 Å². The number of hydrogen-bond acceptors (Lipinski definition) is 6. The highest BCUT2D eigenvalue weighted by molar-refractivity contribution is 5.85. The minimum absolute atomic E-state index is 0.00150. The van der Waals surface area contributed by atoms with Crippen LogP contribution in [0.1, 0.15) is 57.1 Å². The van der Waals surface area contributed by atoms with Crippen molar-refractivity contribution in [1.82, 2.24) is 15.7 Å². The number of nitrogens with one attached hydrogen (secondary N) is 2. The third kappa shape index (κ3) is 7.69. The Hall–Kier alpha value is -3.59. The molecule has 9 heteroatoms. The second-order valence-corrected chi connectivity index (χ2v) is 9.97. The SMILES string of the molecule is CON(C)C(=O)[C@H](CCCCNC(=O)OCC1c2ccccc2-c2ccccc21)NC(=O)OC(C)(C)C. The van der Waals surface area contributed by atoms with E-state index in [9.17, 15) is 14.4 Å². The van der Waals surface area contributed by atoms with E-state index in [4.69, 9.17) is 14.3 Å². The van der Waals surface area contributed by atoms with Gasteiger partial charge < -0.3 is 20.1 Å². The topological polar surface area (TPSA) is 106 Å². The molecule has 0 aromatic heterocycles. The van der Waals surface area contributed by atoms with Crippen LogP contribution in [0.5, 0.6) is 0 Å².